The number of carbonyl (C=O) groups excluding carboxylic acids is 2. The molecule has 0 spiro atoms. The predicted molar refractivity (Wildman–Crippen MR) is 65.7 cm³/mol. The molecule has 2 atom stereocenters. The molecule has 0 saturated heterocycles. The summed E-state index contributed by atoms with van der Waals surface area (Å²) in [6.07, 6.45) is -1.68. The molecule has 0 bridgehead atoms. The van der Waals surface area contributed by atoms with E-state index in [0.717, 1.165) is 0 Å². The average Bonchev–Trinajstić information content (AvgIpc) is 2.70. The molecule has 3 N–H and O–H groups in total. The minimum absolute atomic E-state index is 0.127. The van der Waals surface area contributed by atoms with Gasteiger partial charge in [-0.3, -0.25) is 0 Å². The summed E-state index contributed by atoms with van der Waals surface area (Å²) in [6, 6.07) is 4.31. The second kappa shape index (κ2) is 5.48. The van der Waals surface area contributed by atoms with Crippen LogP contribution in [0.25, 0.3) is 0 Å². The first-order chi connectivity index (χ1) is 9.04. The highest BCUT2D eigenvalue weighted by atomic mass is 16.6. The van der Waals surface area contributed by atoms with Crippen LogP contribution in [0.4, 0.5) is 0 Å². The molecule has 6 heteroatoms. The summed E-state index contributed by atoms with van der Waals surface area (Å²) < 4.78 is 4.46. The lowest BCUT2D eigenvalue weighted by molar-refractivity contribution is 0.0140. The van der Waals surface area contributed by atoms with E-state index in [0.29, 0.717) is 18.5 Å². The van der Waals surface area contributed by atoms with Crippen molar-refractivity contribution < 1.29 is 24.5 Å². The molecule has 0 radical (unpaired) electrons. The fourth-order valence-corrected chi connectivity index (χ4v) is 1.96. The van der Waals surface area contributed by atoms with Crippen molar-refractivity contribution >= 4 is 11.9 Å². The number of hydrogen-bond donors (Lipinski definition) is 3. The largest absolute Gasteiger partial charge is 0.390 e. The van der Waals surface area contributed by atoms with E-state index in [1.807, 2.05) is 0 Å². The number of rotatable bonds is 5. The predicted octanol–water partition coefficient (Wildman–Crippen LogP) is 0.00100. The molecule has 2 rings (SSSR count). The van der Waals surface area contributed by atoms with Gasteiger partial charge in [-0.15, -0.1) is 0 Å². The molecule has 1 aliphatic heterocycles. The van der Waals surface area contributed by atoms with Crippen molar-refractivity contribution in [1.29, 1.82) is 0 Å². The van der Waals surface area contributed by atoms with E-state index in [1.165, 1.54) is 18.2 Å². The van der Waals surface area contributed by atoms with E-state index >= 15 is 0 Å². The van der Waals surface area contributed by atoms with E-state index in [9.17, 15) is 19.8 Å². The molecule has 102 valence electrons. The van der Waals surface area contributed by atoms with E-state index in [-0.39, 0.29) is 11.1 Å². The molecule has 1 aliphatic rings. The number of nitrogens with one attached hydrogen (secondary N) is 1. The highest BCUT2D eigenvalue weighted by Gasteiger charge is 2.31. The number of aliphatic hydroxyl groups is 2. The Hall–Kier alpha value is -1.76. The van der Waals surface area contributed by atoms with Crippen LogP contribution in [0.1, 0.15) is 38.8 Å². The van der Waals surface area contributed by atoms with Crippen LogP contribution < -0.4 is 5.32 Å². The normalized spacial score (nSPS) is 17.0. The Morgan fingerprint density at radius 3 is 2.58 bits per heavy atom. The van der Waals surface area contributed by atoms with Crippen molar-refractivity contribution in [2.24, 2.45) is 0 Å². The van der Waals surface area contributed by atoms with Gasteiger partial charge in [0.05, 0.1) is 17.2 Å². The molecule has 2 unspecified atom stereocenters. The highest BCUT2D eigenvalue weighted by molar-refractivity contribution is 6.14. The Morgan fingerprint density at radius 2 is 1.89 bits per heavy atom. The van der Waals surface area contributed by atoms with Crippen molar-refractivity contribution in [3.63, 3.8) is 0 Å². The lowest BCUT2D eigenvalue weighted by Gasteiger charge is -2.18. The number of ether oxygens (including phenoxy) is 1. The first kappa shape index (κ1) is 13.7. The molecule has 0 amide bonds. The number of hydrogen-bond acceptors (Lipinski definition) is 6. The summed E-state index contributed by atoms with van der Waals surface area (Å²) in [5.41, 5.74) is 0.696. The summed E-state index contributed by atoms with van der Waals surface area (Å²) in [4.78, 5) is 22.7. The van der Waals surface area contributed by atoms with Gasteiger partial charge in [-0.25, -0.2) is 9.59 Å². The topological polar surface area (TPSA) is 95.9 Å². The third-order valence-electron chi connectivity index (χ3n) is 3.06. The fourth-order valence-electron chi connectivity index (χ4n) is 1.96. The fraction of sp³-hybridized carbons (Fsp3) is 0.385. The zero-order valence-corrected chi connectivity index (χ0v) is 10.4. The van der Waals surface area contributed by atoms with Gasteiger partial charge < -0.3 is 20.3 Å². The zero-order chi connectivity index (χ0) is 14.0. The molecule has 1 aromatic carbocycles. The molecular formula is C13H15NO5. The molecule has 6 nitrogen and oxygen atoms in total. The first-order valence-electron chi connectivity index (χ1n) is 5.95. The third kappa shape index (κ3) is 2.65. The molecule has 0 fully saturated rings. The Morgan fingerprint density at radius 1 is 1.21 bits per heavy atom. The van der Waals surface area contributed by atoms with Crippen LogP contribution in [-0.4, -0.2) is 41.8 Å². The Bertz CT molecular complexity index is 514. The maximum Gasteiger partial charge on any atom is 0.346 e. The lowest BCUT2D eigenvalue weighted by atomic mass is 9.98. The minimum atomic E-state index is -1.11. The molecule has 0 aliphatic carbocycles. The highest BCUT2D eigenvalue weighted by Crippen LogP contribution is 2.26. The standard InChI is InChI=1S/C13H15NO5/c1-14-5-4-10(15)11(16)7-2-3-8-9(6-7)13(18)19-12(8)17/h2-3,6,10-11,14-16H,4-5H2,1H3. The number of carbonyl (C=O) groups is 2. The smallest absolute Gasteiger partial charge is 0.346 e. The molecule has 0 saturated carbocycles. The van der Waals surface area contributed by atoms with Gasteiger partial charge in [0.25, 0.3) is 0 Å². The molecule has 19 heavy (non-hydrogen) atoms. The van der Waals surface area contributed by atoms with Gasteiger partial charge in [0.2, 0.25) is 0 Å². The van der Waals surface area contributed by atoms with Crippen molar-refractivity contribution in [2.45, 2.75) is 18.6 Å². The van der Waals surface area contributed by atoms with Crippen LogP contribution >= 0.6 is 0 Å². The summed E-state index contributed by atoms with van der Waals surface area (Å²) in [5, 5.41) is 22.6. The van der Waals surface area contributed by atoms with Crippen LogP contribution in [0.3, 0.4) is 0 Å². The summed E-state index contributed by atoms with van der Waals surface area (Å²) >= 11 is 0. The van der Waals surface area contributed by atoms with Gasteiger partial charge in [-0.1, -0.05) is 6.07 Å². The summed E-state index contributed by atoms with van der Waals surface area (Å²) in [5.74, 6) is -1.41. The number of cyclic esters (lactones) is 2. The Balaban J connectivity index is 2.20. The Labute approximate surface area is 110 Å². The van der Waals surface area contributed by atoms with Crippen LogP contribution in [0, 0.1) is 0 Å². The zero-order valence-electron chi connectivity index (χ0n) is 10.4. The number of benzene rings is 1. The number of aliphatic hydroxyl groups excluding tert-OH is 2. The van der Waals surface area contributed by atoms with Gasteiger partial charge in [-0.2, -0.15) is 0 Å². The minimum Gasteiger partial charge on any atom is -0.390 e. The van der Waals surface area contributed by atoms with Gasteiger partial charge in [0.1, 0.15) is 6.10 Å². The average molecular weight is 265 g/mol. The first-order valence-corrected chi connectivity index (χ1v) is 5.95. The summed E-state index contributed by atoms with van der Waals surface area (Å²) in [6.45, 7) is 0.559. The maximum atomic E-state index is 11.4. The Kier molecular flexibility index (Phi) is 3.94. The van der Waals surface area contributed by atoms with E-state index < -0.39 is 24.1 Å². The van der Waals surface area contributed by atoms with Crippen molar-refractivity contribution in [1.82, 2.24) is 5.32 Å². The monoisotopic (exact) mass is 265 g/mol. The second-order valence-corrected chi connectivity index (χ2v) is 4.39. The van der Waals surface area contributed by atoms with Crippen LogP contribution in [-0.2, 0) is 4.74 Å². The van der Waals surface area contributed by atoms with Crippen molar-refractivity contribution in [2.75, 3.05) is 13.6 Å². The van der Waals surface area contributed by atoms with E-state index in [2.05, 4.69) is 10.1 Å². The second-order valence-electron chi connectivity index (χ2n) is 4.39. The van der Waals surface area contributed by atoms with Crippen LogP contribution in [0.5, 0.6) is 0 Å². The summed E-state index contributed by atoms with van der Waals surface area (Å²) in [7, 11) is 1.75. The molecule has 1 heterocycles. The third-order valence-corrected chi connectivity index (χ3v) is 3.06. The number of fused-ring (bicyclic) bond motifs is 1. The van der Waals surface area contributed by atoms with Gasteiger partial charge in [-0.05, 0) is 37.7 Å². The van der Waals surface area contributed by atoms with Gasteiger partial charge in [0, 0.05) is 0 Å². The quantitative estimate of drug-likeness (QED) is 0.512. The molecular weight excluding hydrogens is 250 g/mol. The van der Waals surface area contributed by atoms with E-state index in [4.69, 9.17) is 0 Å². The van der Waals surface area contributed by atoms with Crippen LogP contribution in [0.15, 0.2) is 18.2 Å². The van der Waals surface area contributed by atoms with Gasteiger partial charge >= 0.3 is 11.9 Å². The number of esters is 2. The lowest BCUT2D eigenvalue weighted by Crippen LogP contribution is -2.23. The maximum absolute atomic E-state index is 11.4. The van der Waals surface area contributed by atoms with Crippen LogP contribution in [0.2, 0.25) is 0 Å². The molecule has 1 aromatic rings. The molecule has 0 aromatic heterocycles. The van der Waals surface area contributed by atoms with E-state index in [1.54, 1.807) is 7.05 Å². The van der Waals surface area contributed by atoms with Crippen molar-refractivity contribution in [3.8, 4) is 0 Å². The SMILES string of the molecule is CNCCC(O)C(O)c1ccc2c(c1)C(=O)OC2=O. The van der Waals surface area contributed by atoms with Crippen molar-refractivity contribution in [3.05, 3.63) is 34.9 Å². The van der Waals surface area contributed by atoms with Gasteiger partial charge in [0.15, 0.2) is 0 Å².